The van der Waals surface area contributed by atoms with Crippen molar-refractivity contribution in [2.45, 2.75) is 0 Å². The molecule has 2 N–H and O–H groups in total. The van der Waals surface area contributed by atoms with Crippen LogP contribution in [0.1, 0.15) is 10.4 Å². The minimum Gasteiger partial charge on any atom is -0.454 e. The van der Waals surface area contributed by atoms with Crippen LogP contribution in [0, 0.1) is 0 Å². The van der Waals surface area contributed by atoms with E-state index in [1.807, 2.05) is 60.7 Å². The van der Waals surface area contributed by atoms with Gasteiger partial charge >= 0.3 is 0 Å². The lowest BCUT2D eigenvalue weighted by Crippen LogP contribution is -2.15. The molecule has 5 rings (SSSR count). The first-order valence-corrected chi connectivity index (χ1v) is 8.59. The molecule has 136 valence electrons. The third kappa shape index (κ3) is 2.73. The number of anilines is 1. The van der Waals surface area contributed by atoms with Gasteiger partial charge in [-0.3, -0.25) is 19.8 Å². The minimum atomic E-state index is -0.366. The number of aromatic amines is 1. The molecule has 0 saturated heterocycles. The lowest BCUT2D eigenvalue weighted by atomic mass is 10.2. The number of hydrogen-bond acceptors (Lipinski definition) is 5. The van der Waals surface area contributed by atoms with Gasteiger partial charge in [-0.15, -0.1) is 10.2 Å². The van der Waals surface area contributed by atoms with E-state index < -0.39 is 0 Å². The van der Waals surface area contributed by atoms with Crippen LogP contribution in [0.15, 0.2) is 77.6 Å². The standard InChI is InChI=1S/C20H14N6O2/c27-19(23-20-25-22-12-26(20)14-7-2-1-3-8-14)15-11-21-24-18(15)17-10-13-6-4-5-9-16(13)28-17/h1-12H,(H,21,24)(H,23,25,27). The molecule has 0 aliphatic heterocycles. The van der Waals surface area contributed by atoms with E-state index in [0.717, 1.165) is 16.7 Å². The van der Waals surface area contributed by atoms with Crippen molar-refractivity contribution in [2.75, 3.05) is 5.32 Å². The van der Waals surface area contributed by atoms with Gasteiger partial charge in [-0.05, 0) is 24.3 Å². The topological polar surface area (TPSA) is 102 Å². The Morgan fingerprint density at radius 3 is 2.75 bits per heavy atom. The van der Waals surface area contributed by atoms with Crippen LogP contribution in [0.2, 0.25) is 0 Å². The molecule has 0 fully saturated rings. The predicted octanol–water partition coefficient (Wildman–Crippen LogP) is 3.66. The molecule has 8 heteroatoms. The van der Waals surface area contributed by atoms with Gasteiger partial charge in [0.2, 0.25) is 5.95 Å². The quantitative estimate of drug-likeness (QED) is 0.503. The molecule has 5 aromatic rings. The molecule has 28 heavy (non-hydrogen) atoms. The molecule has 0 unspecified atom stereocenters. The van der Waals surface area contributed by atoms with E-state index in [0.29, 0.717) is 23.0 Å². The zero-order chi connectivity index (χ0) is 18.9. The first-order valence-electron chi connectivity index (χ1n) is 8.59. The van der Waals surface area contributed by atoms with E-state index in [4.69, 9.17) is 4.42 Å². The molecular formula is C20H14N6O2. The maximum Gasteiger partial charge on any atom is 0.261 e. The smallest absolute Gasteiger partial charge is 0.261 e. The van der Waals surface area contributed by atoms with Crippen LogP contribution in [0.4, 0.5) is 5.95 Å². The van der Waals surface area contributed by atoms with Crippen LogP contribution in [0.3, 0.4) is 0 Å². The minimum absolute atomic E-state index is 0.313. The average molecular weight is 370 g/mol. The first-order chi connectivity index (χ1) is 13.8. The monoisotopic (exact) mass is 370 g/mol. The number of benzene rings is 2. The lowest BCUT2D eigenvalue weighted by Gasteiger charge is -2.07. The second-order valence-electron chi connectivity index (χ2n) is 6.12. The number of nitrogens with one attached hydrogen (secondary N) is 2. The van der Waals surface area contributed by atoms with E-state index in [2.05, 4.69) is 25.7 Å². The van der Waals surface area contributed by atoms with Gasteiger partial charge in [0.15, 0.2) is 5.76 Å². The number of rotatable bonds is 4. The van der Waals surface area contributed by atoms with Gasteiger partial charge in [-0.1, -0.05) is 36.4 Å². The van der Waals surface area contributed by atoms with Crippen LogP contribution in [-0.2, 0) is 0 Å². The van der Waals surface area contributed by atoms with Gasteiger partial charge in [0.25, 0.3) is 5.91 Å². The van der Waals surface area contributed by atoms with Crippen molar-refractivity contribution >= 4 is 22.8 Å². The largest absolute Gasteiger partial charge is 0.454 e. The average Bonchev–Trinajstić information content (AvgIpc) is 3.46. The third-order valence-electron chi connectivity index (χ3n) is 4.36. The van der Waals surface area contributed by atoms with Gasteiger partial charge in [-0.2, -0.15) is 5.10 Å². The van der Waals surface area contributed by atoms with Crippen molar-refractivity contribution in [1.29, 1.82) is 0 Å². The summed E-state index contributed by atoms with van der Waals surface area (Å²) in [5.41, 5.74) is 2.43. The van der Waals surface area contributed by atoms with Crippen LogP contribution in [-0.4, -0.2) is 30.9 Å². The van der Waals surface area contributed by atoms with Gasteiger partial charge < -0.3 is 4.42 Å². The highest BCUT2D eigenvalue weighted by Gasteiger charge is 2.20. The number of carbonyl (C=O) groups excluding carboxylic acids is 1. The number of hydrogen-bond donors (Lipinski definition) is 2. The van der Waals surface area contributed by atoms with Crippen molar-refractivity contribution in [3.8, 4) is 17.1 Å². The second kappa shape index (κ2) is 6.51. The fraction of sp³-hybridized carbons (Fsp3) is 0. The summed E-state index contributed by atoms with van der Waals surface area (Å²) in [6.07, 6.45) is 3.00. The summed E-state index contributed by atoms with van der Waals surface area (Å²) in [5.74, 6) is 0.482. The Morgan fingerprint density at radius 1 is 1.07 bits per heavy atom. The fourth-order valence-electron chi connectivity index (χ4n) is 3.02. The fourth-order valence-corrected chi connectivity index (χ4v) is 3.02. The third-order valence-corrected chi connectivity index (χ3v) is 4.36. The predicted molar refractivity (Wildman–Crippen MR) is 103 cm³/mol. The molecule has 0 bridgehead atoms. The number of nitrogens with zero attached hydrogens (tertiary/aromatic N) is 4. The first kappa shape index (κ1) is 16.0. The lowest BCUT2D eigenvalue weighted by molar-refractivity contribution is 0.102. The molecule has 0 radical (unpaired) electrons. The van der Waals surface area contributed by atoms with Crippen molar-refractivity contribution in [3.63, 3.8) is 0 Å². The summed E-state index contributed by atoms with van der Waals surface area (Å²) >= 11 is 0. The molecule has 0 atom stereocenters. The highest BCUT2D eigenvalue weighted by Crippen LogP contribution is 2.29. The Morgan fingerprint density at radius 2 is 1.89 bits per heavy atom. The SMILES string of the molecule is O=C(Nc1nncn1-c1ccccc1)c1cn[nH]c1-c1cc2ccccc2o1. The number of H-pyrrole nitrogens is 1. The highest BCUT2D eigenvalue weighted by molar-refractivity contribution is 6.07. The summed E-state index contributed by atoms with van der Waals surface area (Å²) in [7, 11) is 0. The van der Waals surface area contributed by atoms with Crippen LogP contribution < -0.4 is 5.32 Å². The van der Waals surface area contributed by atoms with Gasteiger partial charge in [0.1, 0.15) is 17.6 Å². The number of furan rings is 1. The van der Waals surface area contributed by atoms with Gasteiger partial charge in [0.05, 0.1) is 17.4 Å². The van der Waals surface area contributed by atoms with E-state index in [1.54, 1.807) is 10.9 Å². The summed E-state index contributed by atoms with van der Waals surface area (Å²) in [5, 5.41) is 18.5. The van der Waals surface area contributed by atoms with Crippen LogP contribution >= 0.6 is 0 Å². The Balaban J connectivity index is 1.47. The zero-order valence-corrected chi connectivity index (χ0v) is 14.5. The molecule has 8 nitrogen and oxygen atoms in total. The molecule has 3 heterocycles. The molecule has 0 aliphatic carbocycles. The van der Waals surface area contributed by atoms with Crippen molar-refractivity contribution in [1.82, 2.24) is 25.0 Å². The highest BCUT2D eigenvalue weighted by atomic mass is 16.3. The maximum absolute atomic E-state index is 12.9. The summed E-state index contributed by atoms with van der Waals surface area (Å²) in [4.78, 5) is 12.9. The second-order valence-corrected chi connectivity index (χ2v) is 6.12. The molecule has 0 aliphatic rings. The van der Waals surface area contributed by atoms with Crippen LogP contribution in [0.5, 0.6) is 0 Å². The molecule has 1 amide bonds. The normalized spacial score (nSPS) is 11.0. The molecular weight excluding hydrogens is 356 g/mol. The van der Waals surface area contributed by atoms with Crippen LogP contribution in [0.25, 0.3) is 28.1 Å². The Hall–Kier alpha value is -4.20. The maximum atomic E-state index is 12.9. The van der Waals surface area contributed by atoms with Gasteiger partial charge in [-0.25, -0.2) is 0 Å². The number of carbonyl (C=O) groups is 1. The molecule has 3 aromatic heterocycles. The van der Waals surface area contributed by atoms with E-state index in [-0.39, 0.29) is 5.91 Å². The Bertz CT molecular complexity index is 1240. The molecule has 2 aromatic carbocycles. The van der Waals surface area contributed by atoms with Gasteiger partial charge in [0, 0.05) is 5.39 Å². The Kier molecular flexibility index (Phi) is 3.72. The Labute approximate surface area is 158 Å². The summed E-state index contributed by atoms with van der Waals surface area (Å²) < 4.78 is 7.54. The number of aromatic nitrogens is 5. The molecule has 0 spiro atoms. The zero-order valence-electron chi connectivity index (χ0n) is 14.5. The summed E-state index contributed by atoms with van der Waals surface area (Å²) in [6, 6.07) is 19.0. The van der Waals surface area contributed by atoms with E-state index in [9.17, 15) is 4.79 Å². The summed E-state index contributed by atoms with van der Waals surface area (Å²) in [6.45, 7) is 0. The number of fused-ring (bicyclic) bond motifs is 1. The number of amides is 1. The molecule has 0 saturated carbocycles. The van der Waals surface area contributed by atoms with E-state index in [1.165, 1.54) is 6.20 Å². The van der Waals surface area contributed by atoms with Crippen molar-refractivity contribution in [2.24, 2.45) is 0 Å². The number of para-hydroxylation sites is 2. The van der Waals surface area contributed by atoms with Crippen molar-refractivity contribution < 1.29 is 9.21 Å². The van der Waals surface area contributed by atoms with Crippen molar-refractivity contribution in [3.05, 3.63) is 78.8 Å². The van der Waals surface area contributed by atoms with E-state index >= 15 is 0 Å².